The molecule has 0 atom stereocenters. The molecule has 0 unspecified atom stereocenters. The maximum atomic E-state index is 13.3. The van der Waals surface area contributed by atoms with Crippen molar-refractivity contribution < 1.29 is 0 Å². The Balaban J connectivity index is 1.79. The average molecular weight is 403 g/mol. The minimum Gasteiger partial charge on any atom is -0.364 e. The Hall–Kier alpha value is -2.92. The van der Waals surface area contributed by atoms with Crippen molar-refractivity contribution in [3.63, 3.8) is 0 Å². The molecule has 0 radical (unpaired) electrons. The van der Waals surface area contributed by atoms with Gasteiger partial charge >= 0.3 is 0 Å². The first-order valence-electron chi connectivity index (χ1n) is 10.8. The zero-order chi connectivity index (χ0) is 21.1. The molecule has 0 saturated carbocycles. The first-order chi connectivity index (χ1) is 14.5. The maximum Gasteiger partial charge on any atom is 0.290 e. The van der Waals surface area contributed by atoms with Gasteiger partial charge in [0.15, 0.2) is 0 Å². The summed E-state index contributed by atoms with van der Waals surface area (Å²) in [5, 5.41) is 8.17. The highest BCUT2D eigenvalue weighted by Gasteiger charge is 2.22. The molecule has 0 spiro atoms. The molecule has 4 rings (SSSR count). The summed E-state index contributed by atoms with van der Waals surface area (Å²) >= 11 is 0. The van der Waals surface area contributed by atoms with E-state index in [0.717, 1.165) is 48.7 Å². The van der Waals surface area contributed by atoms with E-state index in [0.29, 0.717) is 12.5 Å². The molecular weight excluding hydrogens is 372 g/mol. The normalized spacial score (nSPS) is 14.3. The highest BCUT2D eigenvalue weighted by molar-refractivity contribution is 5.73. The van der Waals surface area contributed by atoms with Gasteiger partial charge < -0.3 is 10.2 Å². The predicted molar refractivity (Wildman–Crippen MR) is 124 cm³/mol. The first kappa shape index (κ1) is 20.4. The second-order valence-electron chi connectivity index (χ2n) is 8.38. The van der Waals surface area contributed by atoms with Crippen molar-refractivity contribution in [2.75, 3.05) is 31.1 Å². The molecular formula is C25H30N4O. The van der Waals surface area contributed by atoms with E-state index in [1.54, 1.807) is 4.68 Å². The molecule has 3 aromatic rings. The van der Waals surface area contributed by atoms with Crippen LogP contribution in [-0.4, -0.2) is 36.0 Å². The Bertz CT molecular complexity index is 1050. The molecule has 5 heteroatoms. The van der Waals surface area contributed by atoms with Crippen molar-refractivity contribution in [3.05, 3.63) is 70.5 Å². The van der Waals surface area contributed by atoms with Crippen LogP contribution < -0.4 is 15.8 Å². The minimum absolute atomic E-state index is 0.0211. The summed E-state index contributed by atoms with van der Waals surface area (Å²) in [4.78, 5) is 15.5. The summed E-state index contributed by atoms with van der Waals surface area (Å²) in [5.41, 5.74) is 6.09. The number of benzene rings is 2. The van der Waals surface area contributed by atoms with Gasteiger partial charge in [0.1, 0.15) is 5.69 Å². The minimum atomic E-state index is 0.0211. The number of nitrogens with one attached hydrogen (secondary N) is 1. The molecule has 1 fully saturated rings. The number of hydrogen-bond donors (Lipinski definition) is 1. The lowest BCUT2D eigenvalue weighted by atomic mass is 10.0. The summed E-state index contributed by atoms with van der Waals surface area (Å²) in [6, 6.07) is 18.9. The zero-order valence-corrected chi connectivity index (χ0v) is 18.1. The molecule has 2 heterocycles. The van der Waals surface area contributed by atoms with E-state index in [1.807, 2.05) is 13.0 Å². The number of anilines is 1. The van der Waals surface area contributed by atoms with Crippen LogP contribution in [0.5, 0.6) is 0 Å². The molecule has 1 saturated heterocycles. The van der Waals surface area contributed by atoms with Gasteiger partial charge in [0.05, 0.1) is 5.69 Å². The second kappa shape index (κ2) is 8.84. The summed E-state index contributed by atoms with van der Waals surface area (Å²) in [6.45, 7) is 10.4. The third-order valence-electron chi connectivity index (χ3n) is 5.60. The third kappa shape index (κ3) is 4.17. The summed E-state index contributed by atoms with van der Waals surface area (Å²) in [5.74, 6) is 0.349. The number of aromatic nitrogens is 2. The number of rotatable bonds is 5. The van der Waals surface area contributed by atoms with Crippen LogP contribution in [0.4, 0.5) is 5.69 Å². The van der Waals surface area contributed by atoms with Crippen LogP contribution in [-0.2, 0) is 6.54 Å². The van der Waals surface area contributed by atoms with Crippen LogP contribution >= 0.6 is 0 Å². The van der Waals surface area contributed by atoms with Gasteiger partial charge in [-0.25, -0.2) is 4.68 Å². The van der Waals surface area contributed by atoms with E-state index in [2.05, 4.69) is 72.6 Å². The van der Waals surface area contributed by atoms with Crippen molar-refractivity contribution in [2.45, 2.75) is 27.3 Å². The van der Waals surface area contributed by atoms with Crippen molar-refractivity contribution in [3.8, 4) is 22.4 Å². The van der Waals surface area contributed by atoms with E-state index in [1.165, 1.54) is 11.1 Å². The van der Waals surface area contributed by atoms with E-state index >= 15 is 0 Å². The Morgan fingerprint density at radius 2 is 1.53 bits per heavy atom. The molecule has 0 bridgehead atoms. The van der Waals surface area contributed by atoms with Crippen LogP contribution in [0.15, 0.2) is 59.4 Å². The van der Waals surface area contributed by atoms with Crippen molar-refractivity contribution in [1.29, 1.82) is 0 Å². The maximum absolute atomic E-state index is 13.3. The molecule has 30 heavy (non-hydrogen) atoms. The lowest BCUT2D eigenvalue weighted by Gasteiger charge is -2.31. The Kier molecular flexibility index (Phi) is 6.00. The SMILES string of the molecule is Cc1c(-c2ccc(-c3ccccc3)cc2)nn(CC(C)C)c(=O)c1N1CCNCC1. The van der Waals surface area contributed by atoms with Gasteiger partial charge in [0.25, 0.3) is 5.56 Å². The van der Waals surface area contributed by atoms with E-state index in [-0.39, 0.29) is 5.56 Å². The van der Waals surface area contributed by atoms with Gasteiger partial charge in [-0.1, -0.05) is 68.4 Å². The quantitative estimate of drug-likeness (QED) is 0.702. The lowest BCUT2D eigenvalue weighted by Crippen LogP contribution is -2.47. The molecule has 2 aromatic carbocycles. The zero-order valence-electron chi connectivity index (χ0n) is 18.1. The van der Waals surface area contributed by atoms with Gasteiger partial charge in [-0.15, -0.1) is 0 Å². The molecule has 0 amide bonds. The van der Waals surface area contributed by atoms with Crippen molar-refractivity contribution >= 4 is 5.69 Å². The molecule has 0 aliphatic carbocycles. The molecule has 156 valence electrons. The number of piperazine rings is 1. The molecule has 1 N–H and O–H groups in total. The molecule has 5 nitrogen and oxygen atoms in total. The molecule has 1 aliphatic rings. The monoisotopic (exact) mass is 402 g/mol. The molecule has 1 aliphatic heterocycles. The third-order valence-corrected chi connectivity index (χ3v) is 5.60. The van der Waals surface area contributed by atoms with Crippen molar-refractivity contribution in [2.24, 2.45) is 5.92 Å². The van der Waals surface area contributed by atoms with Gasteiger partial charge in [-0.05, 0) is 24.0 Å². The van der Waals surface area contributed by atoms with Crippen LogP contribution in [0.2, 0.25) is 0 Å². The largest absolute Gasteiger partial charge is 0.364 e. The fraction of sp³-hybridized carbons (Fsp3) is 0.360. The topological polar surface area (TPSA) is 50.2 Å². The summed E-state index contributed by atoms with van der Waals surface area (Å²) < 4.78 is 1.66. The standard InChI is InChI=1S/C25H30N4O/c1-18(2)17-29-25(30)24(28-15-13-26-14-16-28)19(3)23(27-29)22-11-9-21(10-12-22)20-7-5-4-6-8-20/h4-12,18,26H,13-17H2,1-3H3. The fourth-order valence-corrected chi connectivity index (χ4v) is 4.09. The van der Waals surface area contributed by atoms with Crippen molar-refractivity contribution in [1.82, 2.24) is 15.1 Å². The lowest BCUT2D eigenvalue weighted by molar-refractivity contribution is 0.462. The van der Waals surface area contributed by atoms with Crippen LogP contribution in [0, 0.1) is 12.8 Å². The smallest absolute Gasteiger partial charge is 0.290 e. The van der Waals surface area contributed by atoms with E-state index in [4.69, 9.17) is 5.10 Å². The average Bonchev–Trinajstić information content (AvgIpc) is 2.77. The summed E-state index contributed by atoms with van der Waals surface area (Å²) in [6.07, 6.45) is 0. The van der Waals surface area contributed by atoms with E-state index < -0.39 is 0 Å². The Labute approximate surface area is 178 Å². The highest BCUT2D eigenvalue weighted by Crippen LogP contribution is 2.29. The van der Waals surface area contributed by atoms with Crippen LogP contribution in [0.1, 0.15) is 19.4 Å². The van der Waals surface area contributed by atoms with Gasteiger partial charge in [0, 0.05) is 43.9 Å². The van der Waals surface area contributed by atoms with Crippen LogP contribution in [0.25, 0.3) is 22.4 Å². The fourth-order valence-electron chi connectivity index (χ4n) is 4.09. The Morgan fingerprint density at radius 3 is 2.17 bits per heavy atom. The second-order valence-corrected chi connectivity index (χ2v) is 8.38. The van der Waals surface area contributed by atoms with Crippen LogP contribution in [0.3, 0.4) is 0 Å². The van der Waals surface area contributed by atoms with Gasteiger partial charge in [0.2, 0.25) is 0 Å². The number of nitrogens with zero attached hydrogens (tertiary/aromatic N) is 3. The first-order valence-corrected chi connectivity index (χ1v) is 10.8. The highest BCUT2D eigenvalue weighted by atomic mass is 16.1. The molecule has 1 aromatic heterocycles. The van der Waals surface area contributed by atoms with Gasteiger partial charge in [-0.3, -0.25) is 4.79 Å². The predicted octanol–water partition coefficient (Wildman–Crippen LogP) is 3.95. The Morgan fingerprint density at radius 1 is 0.933 bits per heavy atom. The number of hydrogen-bond acceptors (Lipinski definition) is 4. The van der Waals surface area contributed by atoms with Gasteiger partial charge in [-0.2, -0.15) is 5.10 Å². The van der Waals surface area contributed by atoms with E-state index in [9.17, 15) is 4.79 Å². The summed E-state index contributed by atoms with van der Waals surface area (Å²) in [7, 11) is 0.